The van der Waals surface area contributed by atoms with Crippen LogP contribution in [-0.2, 0) is 4.74 Å². The highest BCUT2D eigenvalue weighted by atomic mass is 16.5. The zero-order valence-corrected chi connectivity index (χ0v) is 20.1. The zero-order chi connectivity index (χ0) is 24.1. The maximum atomic E-state index is 13.2. The molecule has 2 aromatic carbocycles. The number of carbonyl (C=O) groups excluding carboxylic acids is 2. The molecule has 0 radical (unpaired) electrons. The number of ether oxygens (including phenoxy) is 2. The van der Waals surface area contributed by atoms with Crippen molar-refractivity contribution >= 4 is 22.7 Å². The van der Waals surface area contributed by atoms with Crippen LogP contribution in [0.5, 0.6) is 5.75 Å². The van der Waals surface area contributed by atoms with Crippen LogP contribution in [0.15, 0.2) is 54.7 Å². The fourth-order valence-corrected chi connectivity index (χ4v) is 5.17. The van der Waals surface area contributed by atoms with Crippen molar-refractivity contribution in [2.24, 2.45) is 5.41 Å². The number of likely N-dealkylation sites (tertiary alicyclic amines) is 1. The van der Waals surface area contributed by atoms with Crippen molar-refractivity contribution in [2.45, 2.75) is 32.1 Å². The van der Waals surface area contributed by atoms with Crippen LogP contribution in [0, 0.1) is 5.41 Å². The van der Waals surface area contributed by atoms with E-state index in [1.54, 1.807) is 6.07 Å². The minimum absolute atomic E-state index is 0.0327. The molecule has 0 unspecified atom stereocenters. The van der Waals surface area contributed by atoms with Gasteiger partial charge in [0.05, 0.1) is 18.8 Å². The van der Waals surface area contributed by atoms with Crippen LogP contribution in [-0.4, -0.2) is 61.2 Å². The van der Waals surface area contributed by atoms with E-state index in [-0.39, 0.29) is 17.2 Å². The molecule has 1 aromatic heterocycles. The molecule has 0 saturated carbocycles. The Labute approximate surface area is 205 Å². The van der Waals surface area contributed by atoms with Crippen LogP contribution >= 0.6 is 0 Å². The van der Waals surface area contributed by atoms with Crippen molar-refractivity contribution in [2.75, 3.05) is 39.5 Å². The molecule has 184 valence electrons. The van der Waals surface area contributed by atoms with E-state index < -0.39 is 0 Å². The minimum Gasteiger partial charge on any atom is -0.492 e. The van der Waals surface area contributed by atoms with E-state index in [0.29, 0.717) is 50.8 Å². The van der Waals surface area contributed by atoms with Gasteiger partial charge in [-0.25, -0.2) is 0 Å². The Morgan fingerprint density at radius 2 is 1.83 bits per heavy atom. The first-order valence-corrected chi connectivity index (χ1v) is 12.6. The Balaban J connectivity index is 1.29. The molecule has 7 nitrogen and oxygen atoms in total. The van der Waals surface area contributed by atoms with Gasteiger partial charge in [-0.2, -0.15) is 0 Å². The third kappa shape index (κ3) is 5.35. The number of benzene rings is 2. The molecule has 2 aliphatic heterocycles. The first-order chi connectivity index (χ1) is 17.1. The molecule has 0 atom stereocenters. The summed E-state index contributed by atoms with van der Waals surface area (Å²) >= 11 is 0. The molecule has 1 fully saturated rings. The average molecular weight is 476 g/mol. The van der Waals surface area contributed by atoms with Gasteiger partial charge in [-0.15, -0.1) is 0 Å². The second kappa shape index (κ2) is 10.5. The van der Waals surface area contributed by atoms with Crippen molar-refractivity contribution < 1.29 is 19.1 Å². The molecule has 2 amide bonds. The molecule has 3 aromatic rings. The molecule has 5 rings (SSSR count). The lowest BCUT2D eigenvalue weighted by molar-refractivity contribution is 0.0341. The van der Waals surface area contributed by atoms with Crippen LogP contribution in [0.3, 0.4) is 0 Å². The normalized spacial score (nSPS) is 19.4. The molecule has 0 aliphatic carbocycles. The molecule has 3 heterocycles. The van der Waals surface area contributed by atoms with E-state index in [1.165, 1.54) is 0 Å². The molecule has 1 spiro atoms. The van der Waals surface area contributed by atoms with E-state index in [1.807, 2.05) is 53.6 Å². The van der Waals surface area contributed by atoms with Gasteiger partial charge in [0.1, 0.15) is 5.75 Å². The second-order valence-corrected chi connectivity index (χ2v) is 9.68. The molecule has 2 aliphatic rings. The van der Waals surface area contributed by atoms with E-state index in [4.69, 9.17) is 9.47 Å². The summed E-state index contributed by atoms with van der Waals surface area (Å²) in [6, 6.07) is 15.2. The summed E-state index contributed by atoms with van der Waals surface area (Å²) < 4.78 is 12.0. The van der Waals surface area contributed by atoms with Crippen LogP contribution < -0.4 is 10.1 Å². The largest absolute Gasteiger partial charge is 0.492 e. The Bertz CT molecular complexity index is 1180. The number of aromatic nitrogens is 1. The van der Waals surface area contributed by atoms with Crippen LogP contribution in [0.25, 0.3) is 10.9 Å². The summed E-state index contributed by atoms with van der Waals surface area (Å²) in [5.74, 6) is 0.552. The summed E-state index contributed by atoms with van der Waals surface area (Å²) in [6.45, 7) is 3.62. The fourth-order valence-electron chi connectivity index (χ4n) is 5.17. The van der Waals surface area contributed by atoms with Crippen molar-refractivity contribution in [3.05, 3.63) is 65.9 Å². The van der Waals surface area contributed by atoms with Gasteiger partial charge in [-0.1, -0.05) is 18.6 Å². The summed E-state index contributed by atoms with van der Waals surface area (Å²) in [6.07, 6.45) is 6.69. The quantitative estimate of drug-likeness (QED) is 0.547. The van der Waals surface area contributed by atoms with Crippen LogP contribution in [0.1, 0.15) is 52.8 Å². The minimum atomic E-state index is -0.143. The van der Waals surface area contributed by atoms with E-state index in [9.17, 15) is 9.59 Å². The molecule has 2 N–H and O–H groups in total. The fraction of sp³-hybridized carbons (Fsp3) is 0.429. The third-order valence-electron chi connectivity index (χ3n) is 7.35. The molecular weight excluding hydrogens is 442 g/mol. The Hall–Kier alpha value is -3.32. The maximum Gasteiger partial charge on any atom is 0.255 e. The number of aromatic amines is 1. The highest BCUT2D eigenvalue weighted by molar-refractivity contribution is 5.98. The predicted molar refractivity (Wildman–Crippen MR) is 135 cm³/mol. The van der Waals surface area contributed by atoms with Crippen molar-refractivity contribution in [1.82, 2.24) is 15.2 Å². The number of hydrogen-bond donors (Lipinski definition) is 2. The number of piperidine rings is 1. The molecule has 35 heavy (non-hydrogen) atoms. The summed E-state index contributed by atoms with van der Waals surface area (Å²) in [7, 11) is 0. The predicted octanol–water partition coefficient (Wildman–Crippen LogP) is 4.40. The van der Waals surface area contributed by atoms with Crippen molar-refractivity contribution in [3.63, 3.8) is 0 Å². The highest BCUT2D eigenvalue weighted by Gasteiger charge is 2.37. The van der Waals surface area contributed by atoms with Crippen molar-refractivity contribution in [1.29, 1.82) is 0 Å². The van der Waals surface area contributed by atoms with Gasteiger partial charge in [0.25, 0.3) is 11.8 Å². The number of nitrogens with zero attached hydrogens (tertiary/aromatic N) is 1. The first-order valence-electron chi connectivity index (χ1n) is 12.6. The molecule has 0 bridgehead atoms. The van der Waals surface area contributed by atoms with Gasteiger partial charge < -0.3 is 24.7 Å². The average Bonchev–Trinajstić information content (AvgIpc) is 3.37. The van der Waals surface area contributed by atoms with Crippen LogP contribution in [0.2, 0.25) is 0 Å². The SMILES string of the molecule is O=C1NCCOCCCCC2(CCN(C(=O)c3ccc4[nH]ccc4c3)CC2)COc2ccccc21. The number of para-hydroxylation sites is 1. The first kappa shape index (κ1) is 23.4. The Kier molecular flexibility index (Phi) is 7.04. The Morgan fingerprint density at radius 1 is 0.971 bits per heavy atom. The number of fused-ring (bicyclic) bond motifs is 2. The number of carbonyl (C=O) groups is 2. The van der Waals surface area contributed by atoms with Gasteiger partial charge in [-0.05, 0) is 62.1 Å². The van der Waals surface area contributed by atoms with E-state index in [2.05, 4.69) is 10.3 Å². The number of H-pyrrole nitrogens is 1. The van der Waals surface area contributed by atoms with Gasteiger partial charge in [0.2, 0.25) is 0 Å². The van der Waals surface area contributed by atoms with E-state index in [0.717, 1.165) is 48.6 Å². The molecule has 7 heteroatoms. The topological polar surface area (TPSA) is 83.7 Å². The Morgan fingerprint density at radius 3 is 2.71 bits per heavy atom. The smallest absolute Gasteiger partial charge is 0.255 e. The van der Waals surface area contributed by atoms with Gasteiger partial charge in [0.15, 0.2) is 0 Å². The summed E-state index contributed by atoms with van der Waals surface area (Å²) in [5, 5.41) is 3.97. The van der Waals surface area contributed by atoms with Gasteiger partial charge in [-0.3, -0.25) is 9.59 Å². The van der Waals surface area contributed by atoms with Gasteiger partial charge in [0, 0.05) is 54.3 Å². The summed E-state index contributed by atoms with van der Waals surface area (Å²) in [5.41, 5.74) is 2.28. The molecular formula is C28H33N3O4. The maximum absolute atomic E-state index is 13.2. The van der Waals surface area contributed by atoms with Crippen molar-refractivity contribution in [3.8, 4) is 5.75 Å². The highest BCUT2D eigenvalue weighted by Crippen LogP contribution is 2.38. The lowest BCUT2D eigenvalue weighted by Gasteiger charge is -2.42. The number of nitrogens with one attached hydrogen (secondary N) is 2. The monoisotopic (exact) mass is 475 g/mol. The zero-order valence-electron chi connectivity index (χ0n) is 20.1. The summed E-state index contributed by atoms with van der Waals surface area (Å²) in [4.78, 5) is 31.0. The second-order valence-electron chi connectivity index (χ2n) is 9.68. The van der Waals surface area contributed by atoms with Gasteiger partial charge >= 0.3 is 0 Å². The standard InChI is InChI=1S/C28H33N3O4/c32-26-23-5-1-2-6-25(23)35-20-28(10-3-4-17-34-18-14-30-26)11-15-31(16-12-28)27(33)22-7-8-24-21(19-22)9-13-29-24/h1-2,5-9,13,19,29H,3-4,10-12,14-18,20H2,(H,30,32). The lowest BCUT2D eigenvalue weighted by atomic mass is 9.75. The number of hydrogen-bond acceptors (Lipinski definition) is 4. The number of rotatable bonds is 1. The number of amides is 2. The molecule has 1 saturated heterocycles. The van der Waals surface area contributed by atoms with E-state index >= 15 is 0 Å². The van der Waals surface area contributed by atoms with Crippen LogP contribution in [0.4, 0.5) is 0 Å². The third-order valence-corrected chi connectivity index (χ3v) is 7.35. The lowest BCUT2D eigenvalue weighted by Crippen LogP contribution is -2.45.